The van der Waals surface area contributed by atoms with Crippen LogP contribution in [0.3, 0.4) is 0 Å². The van der Waals surface area contributed by atoms with Crippen molar-refractivity contribution in [2.24, 2.45) is 5.92 Å². The number of carbonyl (C=O) groups excluding carboxylic acids is 1. The topological polar surface area (TPSA) is 41.1 Å². The molecule has 1 amide bonds. The minimum Gasteiger partial charge on any atom is -0.326 e. The van der Waals surface area contributed by atoms with E-state index >= 15 is 0 Å². The molecular weight excluding hydrogens is 395 g/mol. The molecule has 0 unspecified atom stereocenters. The summed E-state index contributed by atoms with van der Waals surface area (Å²) in [5.41, 5.74) is 0.869. The average Bonchev–Trinajstić information content (AvgIpc) is 2.35. The molecule has 1 aromatic carbocycles. The van der Waals surface area contributed by atoms with Crippen LogP contribution in [0.25, 0.3) is 0 Å². The number of anilines is 1. The predicted octanol–water partition coefficient (Wildman–Crippen LogP) is 2.99. The van der Waals surface area contributed by atoms with Crippen molar-refractivity contribution in [2.45, 2.75) is 12.8 Å². The maximum Gasteiger partial charge on any atom is 0.228 e. The van der Waals surface area contributed by atoms with Gasteiger partial charge in [0, 0.05) is 20.3 Å². The first-order chi connectivity index (χ1) is 8.16. The molecule has 2 N–H and O–H groups in total. The van der Waals surface area contributed by atoms with Gasteiger partial charge in [-0.25, -0.2) is 0 Å². The molecule has 0 radical (unpaired) electrons. The van der Waals surface area contributed by atoms with Crippen molar-refractivity contribution in [3.05, 3.63) is 26.2 Å². The van der Waals surface area contributed by atoms with Crippen molar-refractivity contribution in [3.8, 4) is 0 Å². The molecule has 0 aliphatic carbocycles. The largest absolute Gasteiger partial charge is 0.326 e. The maximum absolute atomic E-state index is 12.0. The monoisotopic (exact) mass is 408 g/mol. The zero-order chi connectivity index (χ0) is 12.3. The third-order valence-electron chi connectivity index (χ3n) is 2.85. The summed E-state index contributed by atoms with van der Waals surface area (Å²) in [5, 5.41) is 6.23. The highest BCUT2D eigenvalue weighted by Gasteiger charge is 2.20. The Kier molecular flexibility index (Phi) is 4.81. The van der Waals surface area contributed by atoms with Gasteiger partial charge in [-0.2, -0.15) is 0 Å². The SMILES string of the molecule is O=C(Nc1ccc(Br)c(I)c1)[C@@H]1CCCNC1. The molecule has 1 fully saturated rings. The number of carbonyl (C=O) groups is 1. The number of piperidine rings is 1. The van der Waals surface area contributed by atoms with E-state index in [-0.39, 0.29) is 11.8 Å². The lowest BCUT2D eigenvalue weighted by Crippen LogP contribution is -2.37. The fraction of sp³-hybridized carbons (Fsp3) is 0.417. The van der Waals surface area contributed by atoms with Gasteiger partial charge in [0.15, 0.2) is 0 Å². The van der Waals surface area contributed by atoms with Crippen molar-refractivity contribution in [3.63, 3.8) is 0 Å². The minimum atomic E-state index is 0.102. The van der Waals surface area contributed by atoms with Crippen LogP contribution in [-0.4, -0.2) is 19.0 Å². The lowest BCUT2D eigenvalue weighted by Gasteiger charge is -2.21. The van der Waals surface area contributed by atoms with Gasteiger partial charge in [-0.1, -0.05) is 0 Å². The molecule has 92 valence electrons. The molecule has 1 saturated heterocycles. The van der Waals surface area contributed by atoms with Crippen LogP contribution in [0.2, 0.25) is 0 Å². The van der Waals surface area contributed by atoms with Crippen molar-refractivity contribution < 1.29 is 4.79 Å². The van der Waals surface area contributed by atoms with Crippen LogP contribution in [0.5, 0.6) is 0 Å². The highest BCUT2D eigenvalue weighted by atomic mass is 127. The van der Waals surface area contributed by atoms with Crippen LogP contribution in [0.1, 0.15) is 12.8 Å². The Bertz CT molecular complexity index is 419. The van der Waals surface area contributed by atoms with Gasteiger partial charge in [0.25, 0.3) is 0 Å². The Labute approximate surface area is 123 Å². The molecule has 0 aromatic heterocycles. The Balaban J connectivity index is 1.99. The zero-order valence-electron chi connectivity index (χ0n) is 9.30. The molecule has 1 atom stereocenters. The number of rotatable bonds is 2. The summed E-state index contributed by atoms with van der Waals surface area (Å²) in [5.74, 6) is 0.223. The zero-order valence-corrected chi connectivity index (χ0v) is 13.0. The molecular formula is C12H14BrIN2O. The van der Waals surface area contributed by atoms with Crippen LogP contribution < -0.4 is 10.6 Å². The number of hydrogen-bond donors (Lipinski definition) is 2. The number of hydrogen-bond acceptors (Lipinski definition) is 2. The van der Waals surface area contributed by atoms with Crippen molar-refractivity contribution >= 4 is 50.1 Å². The number of amides is 1. The van der Waals surface area contributed by atoms with Crippen molar-refractivity contribution in [1.29, 1.82) is 0 Å². The summed E-state index contributed by atoms with van der Waals surface area (Å²) in [6.45, 7) is 1.82. The Morgan fingerprint density at radius 3 is 3.00 bits per heavy atom. The molecule has 1 aromatic rings. The van der Waals surface area contributed by atoms with E-state index in [4.69, 9.17) is 0 Å². The maximum atomic E-state index is 12.0. The van der Waals surface area contributed by atoms with E-state index in [1.54, 1.807) is 0 Å². The fourth-order valence-corrected chi connectivity index (χ4v) is 2.66. The van der Waals surface area contributed by atoms with Crippen LogP contribution in [-0.2, 0) is 4.79 Å². The summed E-state index contributed by atoms with van der Waals surface area (Å²) in [7, 11) is 0. The molecule has 3 nitrogen and oxygen atoms in total. The van der Waals surface area contributed by atoms with Gasteiger partial charge >= 0.3 is 0 Å². The fourth-order valence-electron chi connectivity index (χ4n) is 1.89. The van der Waals surface area contributed by atoms with Crippen molar-refractivity contribution in [1.82, 2.24) is 5.32 Å². The second kappa shape index (κ2) is 6.15. The number of benzene rings is 1. The van der Waals surface area contributed by atoms with Crippen molar-refractivity contribution in [2.75, 3.05) is 18.4 Å². The van der Waals surface area contributed by atoms with Gasteiger partial charge in [-0.15, -0.1) is 0 Å². The van der Waals surface area contributed by atoms with Gasteiger partial charge in [-0.3, -0.25) is 4.79 Å². The summed E-state index contributed by atoms with van der Waals surface area (Å²) < 4.78 is 2.15. The minimum absolute atomic E-state index is 0.102. The first kappa shape index (κ1) is 13.3. The van der Waals surface area contributed by atoms with E-state index in [0.29, 0.717) is 0 Å². The van der Waals surface area contributed by atoms with Crippen LogP contribution in [0.4, 0.5) is 5.69 Å². The number of nitrogens with one attached hydrogen (secondary N) is 2. The molecule has 2 rings (SSSR count). The Hall–Kier alpha value is -0.140. The summed E-state index contributed by atoms with van der Waals surface area (Å²) >= 11 is 5.68. The van der Waals surface area contributed by atoms with Gasteiger partial charge in [-0.05, 0) is 76.1 Å². The standard InChI is InChI=1S/C12H14BrIN2O/c13-10-4-3-9(6-11(10)14)16-12(17)8-2-1-5-15-7-8/h3-4,6,8,15H,1-2,5,7H2,(H,16,17)/t8-/m1/s1. The molecule has 1 aliphatic rings. The lowest BCUT2D eigenvalue weighted by atomic mass is 9.99. The smallest absolute Gasteiger partial charge is 0.228 e. The third-order valence-corrected chi connectivity index (χ3v) is 5.18. The van der Waals surface area contributed by atoms with E-state index < -0.39 is 0 Å². The van der Waals surface area contributed by atoms with E-state index in [1.165, 1.54) is 0 Å². The normalized spacial score (nSPS) is 20.0. The number of halogens is 2. The van der Waals surface area contributed by atoms with E-state index in [0.717, 1.165) is 39.7 Å². The Morgan fingerprint density at radius 1 is 1.53 bits per heavy atom. The van der Waals surface area contributed by atoms with Gasteiger partial charge in [0.2, 0.25) is 5.91 Å². The summed E-state index contributed by atoms with van der Waals surface area (Å²) in [4.78, 5) is 12.0. The quantitative estimate of drug-likeness (QED) is 0.738. The molecule has 5 heteroatoms. The highest BCUT2D eigenvalue weighted by Crippen LogP contribution is 2.23. The summed E-state index contributed by atoms with van der Waals surface area (Å²) in [6, 6.07) is 5.84. The average molecular weight is 409 g/mol. The summed E-state index contributed by atoms with van der Waals surface area (Å²) in [6.07, 6.45) is 2.06. The van der Waals surface area contributed by atoms with Crippen LogP contribution in [0, 0.1) is 9.49 Å². The molecule has 0 saturated carbocycles. The molecule has 1 heterocycles. The van der Waals surface area contributed by atoms with E-state index in [2.05, 4.69) is 49.2 Å². The van der Waals surface area contributed by atoms with Crippen LogP contribution >= 0.6 is 38.5 Å². The predicted molar refractivity (Wildman–Crippen MR) is 81.1 cm³/mol. The third kappa shape index (κ3) is 3.66. The van der Waals surface area contributed by atoms with Gasteiger partial charge < -0.3 is 10.6 Å². The second-order valence-corrected chi connectivity index (χ2v) is 6.18. The molecule has 0 spiro atoms. The molecule has 0 bridgehead atoms. The molecule has 17 heavy (non-hydrogen) atoms. The van der Waals surface area contributed by atoms with Gasteiger partial charge in [0.05, 0.1) is 5.92 Å². The van der Waals surface area contributed by atoms with Gasteiger partial charge in [0.1, 0.15) is 0 Å². The van der Waals surface area contributed by atoms with Crippen LogP contribution in [0.15, 0.2) is 22.7 Å². The van der Waals surface area contributed by atoms with E-state index in [9.17, 15) is 4.79 Å². The highest BCUT2D eigenvalue weighted by molar-refractivity contribution is 14.1. The van der Waals surface area contributed by atoms with E-state index in [1.807, 2.05) is 18.2 Å². The second-order valence-electron chi connectivity index (χ2n) is 4.16. The first-order valence-electron chi connectivity index (χ1n) is 5.63. The Morgan fingerprint density at radius 2 is 2.35 bits per heavy atom. The lowest BCUT2D eigenvalue weighted by molar-refractivity contribution is -0.120. The molecule has 1 aliphatic heterocycles. The first-order valence-corrected chi connectivity index (χ1v) is 7.50.